The van der Waals surface area contributed by atoms with Crippen molar-refractivity contribution in [1.29, 1.82) is 0 Å². The molecule has 0 spiro atoms. The standard InChI is InChI=1S/C35H33FN2O7S/c1-35(2)19-28-33(46(41,42)21-35)32(26-17-16-25(18-27(26)36)44-20-22-8-5-4-6-9-22)38(29-10-7-11-30(39)31(29)37-28)34(40)45-24-14-12-23(43-3)13-15-24/h4-18,32,37,39H,19-21H2,1-3H3. The number of sulfone groups is 1. The van der Waals surface area contributed by atoms with Gasteiger partial charge in [0, 0.05) is 17.3 Å². The Bertz CT molecular complexity index is 1930. The van der Waals surface area contributed by atoms with Crippen LogP contribution in [0.15, 0.2) is 102 Å². The Labute approximate surface area is 266 Å². The minimum Gasteiger partial charge on any atom is -0.506 e. The molecule has 2 aliphatic rings. The van der Waals surface area contributed by atoms with Gasteiger partial charge in [0.15, 0.2) is 9.84 Å². The molecule has 1 amide bonds. The highest BCUT2D eigenvalue weighted by atomic mass is 32.2. The number of hydrogen-bond donors (Lipinski definition) is 2. The van der Waals surface area contributed by atoms with E-state index in [1.54, 1.807) is 12.1 Å². The van der Waals surface area contributed by atoms with Crippen molar-refractivity contribution in [3.8, 4) is 23.0 Å². The van der Waals surface area contributed by atoms with E-state index in [-0.39, 0.29) is 63.6 Å². The van der Waals surface area contributed by atoms with Crippen LogP contribution in [-0.4, -0.2) is 32.5 Å². The van der Waals surface area contributed by atoms with E-state index in [4.69, 9.17) is 14.2 Å². The number of fused-ring (bicyclic) bond motifs is 1. The number of carbonyl (C=O) groups is 1. The maximum absolute atomic E-state index is 16.3. The Hall–Kier alpha value is -5.03. The van der Waals surface area contributed by atoms with E-state index in [9.17, 15) is 18.3 Å². The van der Waals surface area contributed by atoms with E-state index in [1.807, 2.05) is 44.2 Å². The summed E-state index contributed by atoms with van der Waals surface area (Å²) >= 11 is 0. The molecule has 0 aliphatic carbocycles. The van der Waals surface area contributed by atoms with Crippen molar-refractivity contribution in [3.63, 3.8) is 0 Å². The monoisotopic (exact) mass is 644 g/mol. The lowest BCUT2D eigenvalue weighted by Crippen LogP contribution is -2.42. The minimum atomic E-state index is -4.09. The lowest BCUT2D eigenvalue weighted by Gasteiger charge is -2.37. The highest BCUT2D eigenvalue weighted by molar-refractivity contribution is 7.95. The second-order valence-electron chi connectivity index (χ2n) is 12.0. The molecule has 46 heavy (non-hydrogen) atoms. The minimum absolute atomic E-state index is 0.0903. The number of methoxy groups -OCH3 is 1. The number of halogens is 1. The normalized spacial score (nSPS) is 18.0. The van der Waals surface area contributed by atoms with Crippen LogP contribution in [0, 0.1) is 11.2 Å². The van der Waals surface area contributed by atoms with Gasteiger partial charge in [-0.05, 0) is 65.9 Å². The van der Waals surface area contributed by atoms with Crippen molar-refractivity contribution in [3.05, 3.63) is 119 Å². The highest BCUT2D eigenvalue weighted by Gasteiger charge is 2.48. The lowest BCUT2D eigenvalue weighted by molar-refractivity contribution is 0.206. The van der Waals surface area contributed by atoms with Gasteiger partial charge in [-0.15, -0.1) is 0 Å². The Balaban J connectivity index is 1.51. The summed E-state index contributed by atoms with van der Waals surface area (Å²) in [5.74, 6) is -0.333. The van der Waals surface area contributed by atoms with Crippen molar-refractivity contribution >= 4 is 27.3 Å². The quantitative estimate of drug-likeness (QED) is 0.210. The van der Waals surface area contributed by atoms with Crippen LogP contribution in [0.1, 0.15) is 37.4 Å². The number of rotatable bonds is 6. The van der Waals surface area contributed by atoms with Gasteiger partial charge in [-0.25, -0.2) is 17.6 Å². The van der Waals surface area contributed by atoms with E-state index in [2.05, 4.69) is 5.32 Å². The average molecular weight is 645 g/mol. The molecular weight excluding hydrogens is 611 g/mol. The molecule has 2 heterocycles. The summed E-state index contributed by atoms with van der Waals surface area (Å²) in [4.78, 5) is 15.1. The number of benzene rings is 4. The first-order valence-electron chi connectivity index (χ1n) is 14.6. The number of amides is 1. The Kier molecular flexibility index (Phi) is 8.11. The van der Waals surface area contributed by atoms with Crippen LogP contribution in [-0.2, 0) is 16.4 Å². The zero-order valence-electron chi connectivity index (χ0n) is 25.5. The van der Waals surface area contributed by atoms with Gasteiger partial charge in [0.05, 0.1) is 23.5 Å². The molecule has 4 aromatic carbocycles. The number of para-hydroxylation sites is 1. The molecule has 0 fully saturated rings. The van der Waals surface area contributed by atoms with Crippen LogP contribution >= 0.6 is 0 Å². The smallest absolute Gasteiger partial charge is 0.420 e. The third-order valence-corrected chi connectivity index (χ3v) is 10.2. The van der Waals surface area contributed by atoms with Crippen molar-refractivity contribution < 1.29 is 36.9 Å². The number of phenolic OH excluding ortho intramolecular Hbond substituents is 1. The topological polar surface area (TPSA) is 114 Å². The van der Waals surface area contributed by atoms with E-state index in [1.165, 1.54) is 55.6 Å². The maximum Gasteiger partial charge on any atom is 0.420 e. The van der Waals surface area contributed by atoms with Gasteiger partial charge in [-0.3, -0.25) is 4.90 Å². The molecule has 0 saturated carbocycles. The summed E-state index contributed by atoms with van der Waals surface area (Å²) in [7, 11) is -2.59. The first kappa shape index (κ1) is 31.0. The summed E-state index contributed by atoms with van der Waals surface area (Å²) in [5.41, 5.74) is 0.568. The molecule has 9 nitrogen and oxygen atoms in total. The number of hydrogen-bond acceptors (Lipinski definition) is 8. The third kappa shape index (κ3) is 6.10. The van der Waals surface area contributed by atoms with Crippen LogP contribution in [0.4, 0.5) is 20.6 Å². The van der Waals surface area contributed by atoms with Crippen LogP contribution in [0.5, 0.6) is 23.0 Å². The van der Waals surface area contributed by atoms with Crippen molar-refractivity contribution in [2.24, 2.45) is 5.41 Å². The van der Waals surface area contributed by atoms with Gasteiger partial charge < -0.3 is 24.6 Å². The van der Waals surface area contributed by atoms with Crippen LogP contribution < -0.4 is 24.4 Å². The molecule has 238 valence electrons. The fourth-order valence-corrected chi connectivity index (χ4v) is 8.30. The second-order valence-corrected chi connectivity index (χ2v) is 14.0. The first-order chi connectivity index (χ1) is 22.0. The molecule has 1 atom stereocenters. The summed E-state index contributed by atoms with van der Waals surface area (Å²) in [5, 5.41) is 14.1. The number of aromatic hydroxyl groups is 1. The SMILES string of the molecule is COc1ccc(OC(=O)N2c3cccc(O)c3NC3=C(C2c2ccc(OCc4ccccc4)cc2F)S(=O)(=O)CC(C)(C)C3)cc1. The lowest BCUT2D eigenvalue weighted by atomic mass is 9.88. The largest absolute Gasteiger partial charge is 0.506 e. The average Bonchev–Trinajstić information content (AvgIpc) is 3.15. The number of carbonyl (C=O) groups excluding carboxylic acids is 1. The molecule has 0 radical (unpaired) electrons. The van der Waals surface area contributed by atoms with Gasteiger partial charge >= 0.3 is 6.09 Å². The predicted octanol–water partition coefficient (Wildman–Crippen LogP) is 7.35. The molecule has 0 aromatic heterocycles. The molecule has 2 N–H and O–H groups in total. The zero-order valence-corrected chi connectivity index (χ0v) is 26.3. The molecule has 11 heteroatoms. The van der Waals surface area contributed by atoms with E-state index < -0.39 is 33.2 Å². The first-order valence-corrected chi connectivity index (χ1v) is 16.3. The molecule has 1 unspecified atom stereocenters. The van der Waals surface area contributed by atoms with E-state index in [0.29, 0.717) is 5.75 Å². The second kappa shape index (κ2) is 12.1. The summed E-state index contributed by atoms with van der Waals surface area (Å²) in [6.07, 6.45) is -0.728. The van der Waals surface area contributed by atoms with Gasteiger partial charge in [-0.1, -0.05) is 50.2 Å². The molecule has 2 aliphatic heterocycles. The summed E-state index contributed by atoms with van der Waals surface area (Å²) in [6, 6.07) is 22.7. The highest BCUT2D eigenvalue weighted by Crippen LogP contribution is 2.51. The van der Waals surface area contributed by atoms with Gasteiger partial charge in [0.2, 0.25) is 0 Å². The molecule has 0 saturated heterocycles. The zero-order chi connectivity index (χ0) is 32.6. The maximum atomic E-state index is 16.3. The van der Waals surface area contributed by atoms with Gasteiger partial charge in [-0.2, -0.15) is 0 Å². The number of nitrogens with one attached hydrogen (secondary N) is 1. The van der Waals surface area contributed by atoms with Crippen molar-refractivity contribution in [2.75, 3.05) is 23.1 Å². The Morgan fingerprint density at radius 2 is 1.67 bits per heavy atom. The number of ether oxygens (including phenoxy) is 3. The van der Waals surface area contributed by atoms with E-state index in [0.717, 1.165) is 10.5 Å². The fourth-order valence-electron chi connectivity index (χ4n) is 5.94. The Morgan fingerprint density at radius 3 is 2.37 bits per heavy atom. The predicted molar refractivity (Wildman–Crippen MR) is 172 cm³/mol. The molecule has 4 aromatic rings. The fraction of sp³-hybridized carbons (Fsp3) is 0.229. The van der Waals surface area contributed by atoms with E-state index >= 15 is 4.39 Å². The molecule has 0 bridgehead atoms. The van der Waals surface area contributed by atoms with Crippen LogP contribution in [0.2, 0.25) is 0 Å². The number of anilines is 2. The van der Waals surface area contributed by atoms with Crippen molar-refractivity contribution in [1.82, 2.24) is 0 Å². The van der Waals surface area contributed by atoms with Crippen LogP contribution in [0.3, 0.4) is 0 Å². The van der Waals surface area contributed by atoms with Gasteiger partial charge in [0.1, 0.15) is 47.2 Å². The Morgan fingerprint density at radius 1 is 0.978 bits per heavy atom. The summed E-state index contributed by atoms with van der Waals surface area (Å²) in [6.45, 7) is 3.83. The number of nitrogens with zero attached hydrogens (tertiary/aromatic N) is 1. The van der Waals surface area contributed by atoms with Gasteiger partial charge in [0.25, 0.3) is 0 Å². The molecule has 6 rings (SSSR count). The van der Waals surface area contributed by atoms with Crippen molar-refractivity contribution in [2.45, 2.75) is 32.9 Å². The summed E-state index contributed by atoms with van der Waals surface area (Å²) < 4.78 is 61.4. The third-order valence-electron chi connectivity index (χ3n) is 7.91. The van der Waals surface area contributed by atoms with Crippen LogP contribution in [0.25, 0.3) is 0 Å². The number of phenols is 1. The number of allylic oxidation sites excluding steroid dienone is 1. The molecular formula is C35H33FN2O7S.